The predicted octanol–water partition coefficient (Wildman–Crippen LogP) is 1.98. The van der Waals surface area contributed by atoms with Crippen LogP contribution >= 0.6 is 15.9 Å². The molecule has 0 spiro atoms. The molecule has 0 amide bonds. The molecule has 1 aliphatic rings. The van der Waals surface area contributed by atoms with Crippen LogP contribution in [0.25, 0.3) is 0 Å². The van der Waals surface area contributed by atoms with Gasteiger partial charge in [0.25, 0.3) is 0 Å². The zero-order valence-electron chi connectivity index (χ0n) is 10.4. The highest BCUT2D eigenvalue weighted by atomic mass is 79.9. The fourth-order valence-electron chi connectivity index (χ4n) is 2.19. The summed E-state index contributed by atoms with van der Waals surface area (Å²) in [4.78, 5) is 0.0557. The third-order valence-corrected chi connectivity index (χ3v) is 6.22. The van der Waals surface area contributed by atoms with Crippen LogP contribution in [0.3, 0.4) is 0 Å². The van der Waals surface area contributed by atoms with Crippen molar-refractivity contribution in [3.05, 3.63) is 28.5 Å². The second kappa shape index (κ2) is 5.47. The molecule has 1 fully saturated rings. The van der Waals surface area contributed by atoms with E-state index in [9.17, 15) is 17.9 Å². The largest absolute Gasteiger partial charge is 0.393 e. The van der Waals surface area contributed by atoms with Crippen LogP contribution in [0, 0.1) is 11.7 Å². The molecule has 0 radical (unpaired) electrons. The molecule has 0 aromatic heterocycles. The molecule has 1 heterocycles. The zero-order valence-corrected chi connectivity index (χ0v) is 12.8. The van der Waals surface area contributed by atoms with Gasteiger partial charge in [0.1, 0.15) is 5.82 Å². The fourth-order valence-corrected chi connectivity index (χ4v) is 4.71. The van der Waals surface area contributed by atoms with Crippen molar-refractivity contribution in [2.45, 2.75) is 24.3 Å². The Morgan fingerprint density at radius 3 is 2.74 bits per heavy atom. The number of halogens is 2. The van der Waals surface area contributed by atoms with Crippen molar-refractivity contribution in [3.63, 3.8) is 0 Å². The van der Waals surface area contributed by atoms with Crippen molar-refractivity contribution in [3.8, 4) is 0 Å². The van der Waals surface area contributed by atoms with Crippen LogP contribution < -0.4 is 0 Å². The molecule has 2 unspecified atom stereocenters. The van der Waals surface area contributed by atoms with Crippen LogP contribution in [-0.2, 0) is 10.0 Å². The Bertz CT molecular complexity index is 576. The molecular weight excluding hydrogens is 337 g/mol. The highest BCUT2D eigenvalue weighted by Gasteiger charge is 2.35. The maximum Gasteiger partial charge on any atom is 0.244 e. The van der Waals surface area contributed by atoms with Gasteiger partial charge in [0.05, 0.1) is 11.0 Å². The number of benzene rings is 1. The SMILES string of the molecule is CC(O)C1CCN(S(=O)(=O)c2ccc(F)cc2Br)C1. The Balaban J connectivity index is 2.29. The highest BCUT2D eigenvalue weighted by molar-refractivity contribution is 9.10. The van der Waals surface area contributed by atoms with Gasteiger partial charge in [0, 0.05) is 17.6 Å². The van der Waals surface area contributed by atoms with Gasteiger partial charge in [-0.05, 0) is 53.4 Å². The molecule has 2 atom stereocenters. The maximum atomic E-state index is 13.0. The number of aliphatic hydroxyl groups excluding tert-OH is 1. The summed E-state index contributed by atoms with van der Waals surface area (Å²) in [7, 11) is -3.64. The number of hydrogen-bond acceptors (Lipinski definition) is 3. The Morgan fingerprint density at radius 1 is 1.53 bits per heavy atom. The summed E-state index contributed by atoms with van der Waals surface area (Å²) >= 11 is 3.08. The van der Waals surface area contributed by atoms with Gasteiger partial charge in [0.15, 0.2) is 0 Å². The molecule has 0 bridgehead atoms. The molecule has 1 aromatic rings. The van der Waals surface area contributed by atoms with E-state index in [4.69, 9.17) is 0 Å². The number of aliphatic hydroxyl groups is 1. The molecule has 1 aliphatic heterocycles. The topological polar surface area (TPSA) is 57.6 Å². The molecule has 1 saturated heterocycles. The van der Waals surface area contributed by atoms with Gasteiger partial charge in [-0.3, -0.25) is 0 Å². The summed E-state index contributed by atoms with van der Waals surface area (Å²) in [5.74, 6) is -0.539. The molecule has 1 aromatic carbocycles. The third kappa shape index (κ3) is 2.99. The summed E-state index contributed by atoms with van der Waals surface area (Å²) in [6, 6.07) is 3.51. The molecule has 1 N–H and O–H groups in total. The van der Waals surface area contributed by atoms with Crippen molar-refractivity contribution in [2.75, 3.05) is 13.1 Å². The molecule has 2 rings (SSSR count). The lowest BCUT2D eigenvalue weighted by atomic mass is 10.0. The van der Waals surface area contributed by atoms with Gasteiger partial charge in [-0.1, -0.05) is 0 Å². The number of hydrogen-bond donors (Lipinski definition) is 1. The quantitative estimate of drug-likeness (QED) is 0.905. The first kappa shape index (κ1) is 14.9. The van der Waals surface area contributed by atoms with Crippen LogP contribution in [0.15, 0.2) is 27.6 Å². The number of sulfonamides is 1. The second-order valence-electron chi connectivity index (χ2n) is 4.73. The van der Waals surface area contributed by atoms with E-state index in [1.807, 2.05) is 0 Å². The monoisotopic (exact) mass is 351 g/mol. The van der Waals surface area contributed by atoms with Crippen molar-refractivity contribution >= 4 is 26.0 Å². The fraction of sp³-hybridized carbons (Fsp3) is 0.500. The smallest absolute Gasteiger partial charge is 0.244 e. The minimum Gasteiger partial charge on any atom is -0.393 e. The minimum atomic E-state index is -3.64. The molecule has 7 heteroatoms. The van der Waals surface area contributed by atoms with Crippen LogP contribution in [0.2, 0.25) is 0 Å². The lowest BCUT2D eigenvalue weighted by molar-refractivity contribution is 0.133. The van der Waals surface area contributed by atoms with Crippen molar-refractivity contribution in [1.82, 2.24) is 4.31 Å². The molecule has 0 aliphatic carbocycles. The molecule has 19 heavy (non-hydrogen) atoms. The predicted molar refractivity (Wildman–Crippen MR) is 72.6 cm³/mol. The van der Waals surface area contributed by atoms with Crippen molar-refractivity contribution in [2.24, 2.45) is 5.92 Å². The highest BCUT2D eigenvalue weighted by Crippen LogP contribution is 2.30. The van der Waals surface area contributed by atoms with E-state index >= 15 is 0 Å². The van der Waals surface area contributed by atoms with Crippen LogP contribution in [0.4, 0.5) is 4.39 Å². The Morgan fingerprint density at radius 2 is 2.21 bits per heavy atom. The van der Waals surface area contributed by atoms with E-state index in [1.54, 1.807) is 6.92 Å². The van der Waals surface area contributed by atoms with Gasteiger partial charge in [-0.2, -0.15) is 4.31 Å². The van der Waals surface area contributed by atoms with Gasteiger partial charge in [0.2, 0.25) is 10.0 Å². The standard InChI is InChI=1S/C12H15BrFNO3S/c1-8(16)9-4-5-15(7-9)19(17,18)12-3-2-10(14)6-11(12)13/h2-3,6,8-9,16H,4-5,7H2,1H3. The lowest BCUT2D eigenvalue weighted by Crippen LogP contribution is -2.30. The second-order valence-corrected chi connectivity index (χ2v) is 7.49. The van der Waals surface area contributed by atoms with Crippen molar-refractivity contribution < 1.29 is 17.9 Å². The van der Waals surface area contributed by atoms with E-state index in [1.165, 1.54) is 10.4 Å². The van der Waals surface area contributed by atoms with E-state index in [-0.39, 0.29) is 15.3 Å². The van der Waals surface area contributed by atoms with E-state index in [0.717, 1.165) is 12.1 Å². The third-order valence-electron chi connectivity index (χ3n) is 3.38. The first-order valence-corrected chi connectivity index (χ1v) is 8.19. The zero-order chi connectivity index (χ0) is 14.2. The first-order chi connectivity index (χ1) is 8.82. The summed E-state index contributed by atoms with van der Waals surface area (Å²) in [5, 5.41) is 9.52. The first-order valence-electron chi connectivity index (χ1n) is 5.95. The van der Waals surface area contributed by atoms with Crippen LogP contribution in [-0.4, -0.2) is 37.0 Å². The van der Waals surface area contributed by atoms with Crippen LogP contribution in [0.1, 0.15) is 13.3 Å². The summed E-state index contributed by atoms with van der Waals surface area (Å²) < 4.78 is 39.4. The summed E-state index contributed by atoms with van der Waals surface area (Å²) in [6.07, 6.45) is 0.104. The molecule has 4 nitrogen and oxygen atoms in total. The number of nitrogens with zero attached hydrogens (tertiary/aromatic N) is 1. The van der Waals surface area contributed by atoms with Gasteiger partial charge < -0.3 is 5.11 Å². The molecule has 0 saturated carbocycles. The normalized spacial score (nSPS) is 22.6. The summed E-state index contributed by atoms with van der Waals surface area (Å²) in [6.45, 7) is 2.33. The Hall–Kier alpha value is -0.500. The van der Waals surface area contributed by atoms with Gasteiger partial charge in [-0.25, -0.2) is 12.8 Å². The van der Waals surface area contributed by atoms with E-state index < -0.39 is 21.9 Å². The van der Waals surface area contributed by atoms with E-state index in [0.29, 0.717) is 19.5 Å². The average Bonchev–Trinajstić information content (AvgIpc) is 2.78. The summed E-state index contributed by atoms with van der Waals surface area (Å²) in [5.41, 5.74) is 0. The van der Waals surface area contributed by atoms with Gasteiger partial charge >= 0.3 is 0 Å². The lowest BCUT2D eigenvalue weighted by Gasteiger charge is -2.18. The molecule has 106 valence electrons. The van der Waals surface area contributed by atoms with Crippen LogP contribution in [0.5, 0.6) is 0 Å². The van der Waals surface area contributed by atoms with E-state index in [2.05, 4.69) is 15.9 Å². The Kier molecular flexibility index (Phi) is 4.29. The van der Waals surface area contributed by atoms with Crippen molar-refractivity contribution in [1.29, 1.82) is 0 Å². The van der Waals surface area contributed by atoms with Gasteiger partial charge in [-0.15, -0.1) is 0 Å². The number of rotatable bonds is 3. The Labute approximate surface area is 120 Å². The molecular formula is C12H15BrFNO3S. The minimum absolute atomic E-state index is 0.0472. The maximum absolute atomic E-state index is 13.0. The average molecular weight is 352 g/mol.